The second-order valence-corrected chi connectivity index (χ2v) is 20.4. The monoisotopic (exact) mass is 941 g/mol. The first-order valence-corrected chi connectivity index (χ1v) is 30.0. The summed E-state index contributed by atoms with van der Waals surface area (Å²) in [6.45, 7) is 4.16. The van der Waals surface area contributed by atoms with Crippen LogP contribution in [-0.4, -0.2) is 36.4 Å². The Kier molecular flexibility index (Phi) is 56.8. The zero-order chi connectivity index (χ0) is 48.5. The number of hydrogen-bond donors (Lipinski definition) is 1. The molecule has 394 valence electrons. The van der Waals surface area contributed by atoms with Crippen molar-refractivity contribution in [1.82, 2.24) is 0 Å². The normalized spacial score (nSPS) is 12.3. The van der Waals surface area contributed by atoms with Gasteiger partial charge in [0.05, 0.1) is 6.61 Å². The van der Waals surface area contributed by atoms with Crippen molar-refractivity contribution >= 4 is 11.9 Å². The minimum Gasteiger partial charge on any atom is -0.462 e. The van der Waals surface area contributed by atoms with Crippen molar-refractivity contribution in [2.45, 2.75) is 335 Å². The topological polar surface area (TPSA) is 72.8 Å². The van der Waals surface area contributed by atoms with Crippen molar-refractivity contribution in [3.63, 3.8) is 0 Å². The lowest BCUT2D eigenvalue weighted by molar-refractivity contribution is -0.161. The predicted octanol–water partition coefficient (Wildman–Crippen LogP) is 20.3. The van der Waals surface area contributed by atoms with E-state index in [1.165, 1.54) is 250 Å². The minimum absolute atomic E-state index is 0.0652. The van der Waals surface area contributed by atoms with Crippen LogP contribution in [0.25, 0.3) is 0 Å². The van der Waals surface area contributed by atoms with Crippen molar-refractivity contribution in [3.05, 3.63) is 36.5 Å². The maximum Gasteiger partial charge on any atom is 0.306 e. The highest BCUT2D eigenvalue weighted by atomic mass is 16.6. The average molecular weight is 942 g/mol. The third-order valence-corrected chi connectivity index (χ3v) is 13.7. The summed E-state index contributed by atoms with van der Waals surface area (Å²) in [5, 5.41) is 9.64. The van der Waals surface area contributed by atoms with E-state index in [4.69, 9.17) is 9.47 Å². The first kappa shape index (κ1) is 65.1. The van der Waals surface area contributed by atoms with Crippen LogP contribution in [-0.2, 0) is 19.1 Å². The fraction of sp³-hybridized carbons (Fsp3) is 0.871. The molecule has 1 N–H and O–H groups in total. The molecule has 0 bridgehead atoms. The lowest BCUT2D eigenvalue weighted by Crippen LogP contribution is -2.28. The van der Waals surface area contributed by atoms with Gasteiger partial charge in [-0.1, -0.05) is 281 Å². The Bertz CT molecular complexity index is 1060. The molecule has 0 aliphatic rings. The van der Waals surface area contributed by atoms with Crippen molar-refractivity contribution < 1.29 is 24.2 Å². The van der Waals surface area contributed by atoms with E-state index in [0.29, 0.717) is 12.8 Å². The van der Waals surface area contributed by atoms with Crippen LogP contribution in [0, 0.1) is 0 Å². The van der Waals surface area contributed by atoms with Gasteiger partial charge in [-0.25, -0.2) is 0 Å². The average Bonchev–Trinajstić information content (AvgIpc) is 3.33. The van der Waals surface area contributed by atoms with Gasteiger partial charge in [0.15, 0.2) is 6.10 Å². The molecule has 0 saturated heterocycles. The molecule has 1 atom stereocenters. The van der Waals surface area contributed by atoms with E-state index in [2.05, 4.69) is 50.3 Å². The van der Waals surface area contributed by atoms with E-state index in [-0.39, 0.29) is 25.2 Å². The fourth-order valence-electron chi connectivity index (χ4n) is 9.11. The van der Waals surface area contributed by atoms with Gasteiger partial charge in [0, 0.05) is 12.8 Å². The number of hydrogen-bond acceptors (Lipinski definition) is 5. The number of ether oxygens (including phenoxy) is 2. The van der Waals surface area contributed by atoms with E-state index in [0.717, 1.165) is 51.4 Å². The highest BCUT2D eigenvalue weighted by Crippen LogP contribution is 2.17. The molecule has 0 aromatic rings. The lowest BCUT2D eigenvalue weighted by Gasteiger charge is -2.15. The number of esters is 2. The van der Waals surface area contributed by atoms with E-state index in [1.807, 2.05) is 0 Å². The van der Waals surface area contributed by atoms with Crippen molar-refractivity contribution in [2.24, 2.45) is 0 Å². The van der Waals surface area contributed by atoms with Gasteiger partial charge in [-0.05, 0) is 70.6 Å². The molecular weight excluding hydrogens is 825 g/mol. The Morgan fingerprint density at radius 2 is 0.597 bits per heavy atom. The first-order chi connectivity index (χ1) is 33.1. The second-order valence-electron chi connectivity index (χ2n) is 20.4. The standard InChI is InChI=1S/C62H116O5/c1-3-5-7-9-11-13-15-17-19-21-22-23-24-25-26-27-28-29-30-31-32-33-34-35-36-37-38-39-40-41-43-45-47-49-51-53-55-57-62(65)67-60(58-63)59-66-61(64)56-54-52-50-48-46-44-42-20-18-16-14-12-10-8-6-4-2/h15,17,20-22,42,60,63H,3-14,16,18-19,23-41,43-59H2,1-2H3/b17-15-,22-21-,42-20-. The van der Waals surface area contributed by atoms with Gasteiger partial charge >= 0.3 is 11.9 Å². The second kappa shape index (κ2) is 58.4. The molecule has 5 heteroatoms. The van der Waals surface area contributed by atoms with Crippen molar-refractivity contribution in [2.75, 3.05) is 13.2 Å². The molecule has 67 heavy (non-hydrogen) atoms. The van der Waals surface area contributed by atoms with Crippen LogP contribution in [0.2, 0.25) is 0 Å². The fourth-order valence-corrected chi connectivity index (χ4v) is 9.11. The van der Waals surface area contributed by atoms with Crippen LogP contribution in [0.4, 0.5) is 0 Å². The summed E-state index contributed by atoms with van der Waals surface area (Å²) < 4.78 is 10.7. The number of carbonyl (C=O) groups is 2. The summed E-state index contributed by atoms with van der Waals surface area (Å²) in [5.41, 5.74) is 0. The van der Waals surface area contributed by atoms with Crippen LogP contribution in [0.15, 0.2) is 36.5 Å². The van der Waals surface area contributed by atoms with Gasteiger partial charge in [-0.3, -0.25) is 9.59 Å². The molecule has 0 aliphatic heterocycles. The summed E-state index contributed by atoms with van der Waals surface area (Å²) in [5.74, 6) is -0.584. The third kappa shape index (κ3) is 56.6. The first-order valence-electron chi connectivity index (χ1n) is 30.0. The van der Waals surface area contributed by atoms with Crippen LogP contribution in [0.5, 0.6) is 0 Å². The van der Waals surface area contributed by atoms with E-state index in [9.17, 15) is 14.7 Å². The predicted molar refractivity (Wildman–Crippen MR) is 293 cm³/mol. The Morgan fingerprint density at radius 3 is 0.896 bits per heavy atom. The Balaban J connectivity index is 3.38. The maximum atomic E-state index is 12.3. The van der Waals surface area contributed by atoms with Crippen LogP contribution >= 0.6 is 0 Å². The third-order valence-electron chi connectivity index (χ3n) is 13.7. The molecule has 1 unspecified atom stereocenters. The number of aliphatic hydroxyl groups excluding tert-OH is 1. The molecule has 0 aromatic carbocycles. The molecule has 0 radical (unpaired) electrons. The molecular formula is C62H116O5. The van der Waals surface area contributed by atoms with Gasteiger partial charge in [0.25, 0.3) is 0 Å². The zero-order valence-corrected chi connectivity index (χ0v) is 45.2. The number of rotatable bonds is 56. The molecule has 5 nitrogen and oxygen atoms in total. The summed E-state index contributed by atoms with van der Waals surface area (Å²) in [6, 6.07) is 0. The quantitative estimate of drug-likeness (QED) is 0.0374. The van der Waals surface area contributed by atoms with Gasteiger partial charge in [-0.2, -0.15) is 0 Å². The smallest absolute Gasteiger partial charge is 0.306 e. The number of allylic oxidation sites excluding steroid dienone is 6. The van der Waals surface area contributed by atoms with Crippen LogP contribution < -0.4 is 0 Å². The van der Waals surface area contributed by atoms with Gasteiger partial charge in [-0.15, -0.1) is 0 Å². The molecule has 0 spiro atoms. The molecule has 0 fully saturated rings. The molecule has 0 rings (SSSR count). The number of carbonyl (C=O) groups excluding carboxylic acids is 2. The van der Waals surface area contributed by atoms with Gasteiger partial charge in [0.2, 0.25) is 0 Å². The Hall–Kier alpha value is -1.88. The Morgan fingerprint density at radius 1 is 0.343 bits per heavy atom. The molecule has 0 aromatic heterocycles. The zero-order valence-electron chi connectivity index (χ0n) is 45.2. The molecule has 0 saturated carbocycles. The number of unbranched alkanes of at least 4 members (excludes halogenated alkanes) is 42. The largest absolute Gasteiger partial charge is 0.462 e. The summed E-state index contributed by atoms with van der Waals surface area (Å²) in [7, 11) is 0. The minimum atomic E-state index is -0.772. The van der Waals surface area contributed by atoms with E-state index < -0.39 is 6.10 Å². The molecule has 0 heterocycles. The van der Waals surface area contributed by atoms with Crippen LogP contribution in [0.1, 0.15) is 328 Å². The van der Waals surface area contributed by atoms with Crippen molar-refractivity contribution in [3.8, 4) is 0 Å². The Labute approximate surface area is 418 Å². The number of aliphatic hydroxyl groups is 1. The van der Waals surface area contributed by atoms with Gasteiger partial charge < -0.3 is 14.6 Å². The molecule has 0 aliphatic carbocycles. The highest BCUT2D eigenvalue weighted by Gasteiger charge is 2.16. The van der Waals surface area contributed by atoms with Crippen LogP contribution in [0.3, 0.4) is 0 Å². The van der Waals surface area contributed by atoms with E-state index in [1.54, 1.807) is 0 Å². The SMILES string of the molecule is CCCCCCC/C=C\C/C=C\CCCCCCCCCCCCCCCCCCCCCCCCCCCC(=O)OC(CO)COC(=O)CCCCCCC/C=C\CCCCCCCCC. The lowest BCUT2D eigenvalue weighted by atomic mass is 10.0. The van der Waals surface area contributed by atoms with Crippen molar-refractivity contribution in [1.29, 1.82) is 0 Å². The van der Waals surface area contributed by atoms with E-state index >= 15 is 0 Å². The molecule has 0 amide bonds. The summed E-state index contributed by atoms with van der Waals surface area (Å²) >= 11 is 0. The summed E-state index contributed by atoms with van der Waals surface area (Å²) in [4.78, 5) is 24.5. The maximum absolute atomic E-state index is 12.3. The van der Waals surface area contributed by atoms with Gasteiger partial charge in [0.1, 0.15) is 6.61 Å². The summed E-state index contributed by atoms with van der Waals surface area (Å²) in [6.07, 6.45) is 75.8. The highest BCUT2D eigenvalue weighted by molar-refractivity contribution is 5.70.